The monoisotopic (exact) mass is 281 g/mol. The molecule has 110 valence electrons. The highest BCUT2D eigenvalue weighted by atomic mass is 16.1. The maximum atomic E-state index is 12.2. The molecule has 1 heterocycles. The molecule has 1 fully saturated rings. The summed E-state index contributed by atoms with van der Waals surface area (Å²) in [4.78, 5) is 16.6. The molecule has 1 saturated carbocycles. The molecular formula is C19H23NO. The van der Waals surface area contributed by atoms with Crippen molar-refractivity contribution in [2.24, 2.45) is 11.8 Å². The van der Waals surface area contributed by atoms with E-state index in [1.165, 1.54) is 23.8 Å². The average molecular weight is 281 g/mol. The molecule has 0 aliphatic heterocycles. The third-order valence-corrected chi connectivity index (χ3v) is 4.72. The van der Waals surface area contributed by atoms with E-state index in [2.05, 4.69) is 36.2 Å². The minimum absolute atomic E-state index is 0.226. The van der Waals surface area contributed by atoms with Crippen molar-refractivity contribution >= 4 is 16.7 Å². The molecular weight excluding hydrogens is 258 g/mol. The largest absolute Gasteiger partial charge is 0.299 e. The predicted molar refractivity (Wildman–Crippen MR) is 86.2 cm³/mol. The number of pyridine rings is 1. The highest BCUT2D eigenvalue weighted by Crippen LogP contribution is 2.32. The molecule has 3 rings (SSSR count). The Morgan fingerprint density at radius 2 is 2.19 bits per heavy atom. The van der Waals surface area contributed by atoms with Crippen LogP contribution >= 0.6 is 0 Å². The van der Waals surface area contributed by atoms with Crippen LogP contribution in [-0.2, 0) is 11.2 Å². The zero-order chi connectivity index (χ0) is 14.7. The molecule has 0 radical (unpaired) electrons. The Kier molecular flexibility index (Phi) is 4.33. The quantitative estimate of drug-likeness (QED) is 0.822. The number of benzene rings is 1. The van der Waals surface area contributed by atoms with Gasteiger partial charge in [0.15, 0.2) is 0 Å². The highest BCUT2D eigenvalue weighted by Gasteiger charge is 2.28. The van der Waals surface area contributed by atoms with Gasteiger partial charge >= 0.3 is 0 Å². The van der Waals surface area contributed by atoms with Crippen molar-refractivity contribution in [3.8, 4) is 0 Å². The normalized spacial score (nSPS) is 22.6. The summed E-state index contributed by atoms with van der Waals surface area (Å²) in [5, 5.41) is 1.17. The van der Waals surface area contributed by atoms with Gasteiger partial charge in [0.25, 0.3) is 0 Å². The Labute approximate surface area is 126 Å². The number of Topliss-reactive ketones (excluding diaryl/α,β-unsaturated/α-hetero) is 1. The van der Waals surface area contributed by atoms with Crippen molar-refractivity contribution in [1.29, 1.82) is 0 Å². The maximum absolute atomic E-state index is 12.2. The molecule has 0 N–H and O–H groups in total. The molecule has 2 nitrogen and oxygen atoms in total. The van der Waals surface area contributed by atoms with Gasteiger partial charge in [0, 0.05) is 23.9 Å². The molecule has 2 aromatic rings. The number of carbonyl (C=O) groups excluding carboxylic acids is 1. The van der Waals surface area contributed by atoms with Crippen LogP contribution in [0.1, 0.15) is 44.6 Å². The van der Waals surface area contributed by atoms with Gasteiger partial charge in [-0.2, -0.15) is 0 Å². The Bertz CT molecular complexity index is 634. The molecule has 0 spiro atoms. The summed E-state index contributed by atoms with van der Waals surface area (Å²) in [6.07, 6.45) is 8.18. The van der Waals surface area contributed by atoms with Crippen LogP contribution < -0.4 is 0 Å². The lowest BCUT2D eigenvalue weighted by Gasteiger charge is -2.28. The fourth-order valence-electron chi connectivity index (χ4n) is 3.61. The van der Waals surface area contributed by atoms with E-state index in [9.17, 15) is 4.79 Å². The summed E-state index contributed by atoms with van der Waals surface area (Å²) in [6, 6.07) is 10.5. The number of fused-ring (bicyclic) bond motifs is 1. The van der Waals surface area contributed by atoms with Gasteiger partial charge in [-0.05, 0) is 48.9 Å². The van der Waals surface area contributed by atoms with Gasteiger partial charge in [-0.1, -0.05) is 31.9 Å². The van der Waals surface area contributed by atoms with Gasteiger partial charge in [0.1, 0.15) is 5.78 Å². The second-order valence-corrected chi connectivity index (χ2v) is 6.33. The lowest BCUT2D eigenvalue weighted by molar-refractivity contribution is -0.125. The van der Waals surface area contributed by atoms with Gasteiger partial charge < -0.3 is 0 Å². The molecule has 2 heteroatoms. The third kappa shape index (κ3) is 3.31. The summed E-state index contributed by atoms with van der Waals surface area (Å²) < 4.78 is 0. The van der Waals surface area contributed by atoms with E-state index in [1.54, 1.807) is 0 Å². The fourth-order valence-corrected chi connectivity index (χ4v) is 3.61. The molecule has 1 aromatic carbocycles. The van der Waals surface area contributed by atoms with Gasteiger partial charge in [0.2, 0.25) is 0 Å². The van der Waals surface area contributed by atoms with Gasteiger partial charge in [-0.25, -0.2) is 0 Å². The number of rotatable bonds is 4. The fraction of sp³-hybridized carbons (Fsp3) is 0.474. The number of hydrogen-bond donors (Lipinski definition) is 0. The Morgan fingerprint density at radius 1 is 1.29 bits per heavy atom. The second kappa shape index (κ2) is 6.38. The Balaban J connectivity index is 1.75. The van der Waals surface area contributed by atoms with E-state index in [1.807, 2.05) is 12.3 Å². The van der Waals surface area contributed by atoms with Crippen LogP contribution in [-0.4, -0.2) is 10.8 Å². The first-order valence-corrected chi connectivity index (χ1v) is 8.12. The van der Waals surface area contributed by atoms with Crippen LogP contribution in [0.3, 0.4) is 0 Å². The van der Waals surface area contributed by atoms with Crippen LogP contribution in [0, 0.1) is 11.8 Å². The van der Waals surface area contributed by atoms with Crippen molar-refractivity contribution in [3.63, 3.8) is 0 Å². The van der Waals surface area contributed by atoms with Crippen molar-refractivity contribution in [1.82, 2.24) is 4.98 Å². The van der Waals surface area contributed by atoms with Crippen molar-refractivity contribution < 1.29 is 4.79 Å². The maximum Gasteiger partial charge on any atom is 0.136 e. The summed E-state index contributed by atoms with van der Waals surface area (Å²) in [7, 11) is 0. The summed E-state index contributed by atoms with van der Waals surface area (Å²) in [5.41, 5.74) is 2.30. The molecule has 2 atom stereocenters. The zero-order valence-electron chi connectivity index (χ0n) is 12.7. The van der Waals surface area contributed by atoms with Crippen LogP contribution in [0.5, 0.6) is 0 Å². The molecule has 1 aliphatic carbocycles. The van der Waals surface area contributed by atoms with Gasteiger partial charge in [-0.15, -0.1) is 0 Å². The van der Waals surface area contributed by atoms with E-state index in [4.69, 9.17) is 0 Å². The molecule has 1 aromatic heterocycles. The molecule has 0 bridgehead atoms. The molecule has 0 amide bonds. The van der Waals surface area contributed by atoms with Gasteiger partial charge in [0.05, 0.1) is 5.52 Å². The highest BCUT2D eigenvalue weighted by molar-refractivity contribution is 5.83. The first-order valence-electron chi connectivity index (χ1n) is 8.12. The summed E-state index contributed by atoms with van der Waals surface area (Å²) >= 11 is 0. The van der Waals surface area contributed by atoms with E-state index in [-0.39, 0.29) is 5.92 Å². The van der Waals surface area contributed by atoms with E-state index >= 15 is 0 Å². The van der Waals surface area contributed by atoms with Crippen molar-refractivity contribution in [2.45, 2.75) is 45.4 Å². The third-order valence-electron chi connectivity index (χ3n) is 4.72. The van der Waals surface area contributed by atoms with E-state index < -0.39 is 0 Å². The van der Waals surface area contributed by atoms with E-state index in [0.29, 0.717) is 5.78 Å². The van der Waals surface area contributed by atoms with Crippen LogP contribution in [0.15, 0.2) is 36.5 Å². The summed E-state index contributed by atoms with van der Waals surface area (Å²) in [6.45, 7) is 2.24. The summed E-state index contributed by atoms with van der Waals surface area (Å²) in [5.74, 6) is 1.44. The number of nitrogens with zero attached hydrogens (tertiary/aromatic N) is 1. The van der Waals surface area contributed by atoms with Crippen LogP contribution in [0.4, 0.5) is 0 Å². The minimum Gasteiger partial charge on any atom is -0.299 e. The molecule has 2 unspecified atom stereocenters. The first kappa shape index (κ1) is 14.2. The van der Waals surface area contributed by atoms with Crippen molar-refractivity contribution in [3.05, 3.63) is 42.1 Å². The smallest absolute Gasteiger partial charge is 0.136 e. The number of aromatic nitrogens is 1. The van der Waals surface area contributed by atoms with E-state index in [0.717, 1.165) is 37.1 Å². The standard InChI is InChI=1S/C19H23NO/c1-2-4-14-7-9-19(21)17(11-14)13-15-6-8-18-16(12-15)5-3-10-20-18/h3,5-6,8,10,12,14,17H,2,4,7,9,11,13H2,1H3. The lowest BCUT2D eigenvalue weighted by Crippen LogP contribution is -2.26. The predicted octanol–water partition coefficient (Wildman–Crippen LogP) is 4.56. The SMILES string of the molecule is CCCC1CCC(=O)C(Cc2ccc3ncccc3c2)C1. The first-order chi connectivity index (χ1) is 10.3. The molecule has 0 saturated heterocycles. The van der Waals surface area contributed by atoms with Crippen LogP contribution in [0.25, 0.3) is 10.9 Å². The number of carbonyl (C=O) groups is 1. The lowest BCUT2D eigenvalue weighted by atomic mass is 9.76. The second-order valence-electron chi connectivity index (χ2n) is 6.33. The van der Waals surface area contributed by atoms with Crippen LogP contribution in [0.2, 0.25) is 0 Å². The molecule has 21 heavy (non-hydrogen) atoms. The topological polar surface area (TPSA) is 30.0 Å². The minimum atomic E-state index is 0.226. The number of ketones is 1. The average Bonchev–Trinajstić information content (AvgIpc) is 2.51. The number of hydrogen-bond acceptors (Lipinski definition) is 2. The Morgan fingerprint density at radius 3 is 3.05 bits per heavy atom. The van der Waals surface area contributed by atoms with Crippen molar-refractivity contribution in [2.75, 3.05) is 0 Å². The molecule has 1 aliphatic rings. The zero-order valence-corrected chi connectivity index (χ0v) is 12.7. The Hall–Kier alpha value is -1.70. The van der Waals surface area contributed by atoms with Gasteiger partial charge in [-0.3, -0.25) is 9.78 Å².